The van der Waals surface area contributed by atoms with Crippen LogP contribution in [0.25, 0.3) is 0 Å². The maximum absolute atomic E-state index is 13.9. The van der Waals surface area contributed by atoms with Crippen LogP contribution in [-0.4, -0.2) is 10.9 Å². The standard InChI is InChI=1S/C23H21F3N2O/c1-3-19-21(26)12-27-13-22(19)28-23(29)11-20(15-6-4-14(2)5-7-15)16-8-17(24)10-18(25)9-16/h4-10,12-13,20H,3,11H2,1-2H3,(H,28,29). The van der Waals surface area contributed by atoms with Gasteiger partial charge in [0.25, 0.3) is 0 Å². The van der Waals surface area contributed by atoms with Crippen LogP contribution in [0.4, 0.5) is 18.9 Å². The number of halogens is 3. The number of hydrogen-bond donors (Lipinski definition) is 1. The Morgan fingerprint density at radius 3 is 2.28 bits per heavy atom. The van der Waals surface area contributed by atoms with Crippen LogP contribution in [0.2, 0.25) is 0 Å². The van der Waals surface area contributed by atoms with Gasteiger partial charge in [0, 0.05) is 24.0 Å². The van der Waals surface area contributed by atoms with Gasteiger partial charge < -0.3 is 5.32 Å². The number of hydrogen-bond acceptors (Lipinski definition) is 2. The molecule has 3 aromatic rings. The Hall–Kier alpha value is -3.15. The summed E-state index contributed by atoms with van der Waals surface area (Å²) in [7, 11) is 0. The summed E-state index contributed by atoms with van der Waals surface area (Å²) in [5.41, 5.74) is 2.79. The number of nitrogens with one attached hydrogen (secondary N) is 1. The van der Waals surface area contributed by atoms with Gasteiger partial charge in [0.2, 0.25) is 5.91 Å². The molecule has 1 heterocycles. The van der Waals surface area contributed by atoms with Gasteiger partial charge in [0.1, 0.15) is 17.5 Å². The maximum Gasteiger partial charge on any atom is 0.225 e. The highest BCUT2D eigenvalue weighted by atomic mass is 19.1. The largest absolute Gasteiger partial charge is 0.324 e. The molecular formula is C23H21F3N2O. The lowest BCUT2D eigenvalue weighted by Crippen LogP contribution is -2.18. The van der Waals surface area contributed by atoms with Crippen molar-refractivity contribution in [3.63, 3.8) is 0 Å². The van der Waals surface area contributed by atoms with Crippen LogP contribution in [0.15, 0.2) is 54.9 Å². The van der Waals surface area contributed by atoms with Crippen LogP contribution in [0, 0.1) is 24.4 Å². The van der Waals surface area contributed by atoms with Gasteiger partial charge in [0.05, 0.1) is 18.1 Å². The van der Waals surface area contributed by atoms with Gasteiger partial charge >= 0.3 is 0 Å². The van der Waals surface area contributed by atoms with Crippen molar-refractivity contribution < 1.29 is 18.0 Å². The van der Waals surface area contributed by atoms with E-state index in [-0.39, 0.29) is 6.42 Å². The quantitative estimate of drug-likeness (QED) is 0.593. The summed E-state index contributed by atoms with van der Waals surface area (Å²) < 4.78 is 41.5. The van der Waals surface area contributed by atoms with Crippen molar-refractivity contribution in [2.45, 2.75) is 32.6 Å². The Bertz CT molecular complexity index is 999. The van der Waals surface area contributed by atoms with Crippen LogP contribution >= 0.6 is 0 Å². The zero-order valence-corrected chi connectivity index (χ0v) is 16.2. The molecule has 0 aliphatic heterocycles. The molecule has 1 amide bonds. The van der Waals surface area contributed by atoms with E-state index in [1.165, 1.54) is 18.3 Å². The van der Waals surface area contributed by atoms with E-state index in [1.807, 2.05) is 31.2 Å². The fraction of sp³-hybridized carbons (Fsp3) is 0.217. The molecule has 150 valence electrons. The van der Waals surface area contributed by atoms with Crippen LogP contribution in [-0.2, 0) is 11.2 Å². The molecule has 0 aliphatic carbocycles. The Morgan fingerprint density at radius 2 is 1.66 bits per heavy atom. The average Bonchev–Trinajstić information content (AvgIpc) is 2.66. The minimum absolute atomic E-state index is 0.0639. The van der Waals surface area contributed by atoms with E-state index in [0.29, 0.717) is 23.2 Å². The second-order valence-corrected chi connectivity index (χ2v) is 6.92. The van der Waals surface area contributed by atoms with Gasteiger partial charge in [-0.05, 0) is 36.6 Å². The Labute approximate surface area is 167 Å². The summed E-state index contributed by atoms with van der Waals surface area (Å²) in [4.78, 5) is 16.5. The molecule has 0 aliphatic rings. The normalized spacial score (nSPS) is 11.9. The van der Waals surface area contributed by atoms with Gasteiger partial charge in [-0.15, -0.1) is 0 Å². The summed E-state index contributed by atoms with van der Waals surface area (Å²) in [5.74, 6) is -2.87. The predicted octanol–water partition coefficient (Wildman–Crippen LogP) is 5.53. The van der Waals surface area contributed by atoms with Crippen LogP contribution in [0.3, 0.4) is 0 Å². The zero-order valence-electron chi connectivity index (χ0n) is 16.2. The molecule has 2 aromatic carbocycles. The van der Waals surface area contributed by atoms with Crippen LogP contribution in [0.1, 0.15) is 41.5 Å². The molecule has 0 saturated heterocycles. The molecule has 0 bridgehead atoms. The highest BCUT2D eigenvalue weighted by molar-refractivity contribution is 5.92. The molecule has 0 radical (unpaired) electrons. The number of nitrogens with zero attached hydrogens (tertiary/aromatic N) is 1. The molecule has 3 nitrogen and oxygen atoms in total. The Balaban J connectivity index is 1.92. The second-order valence-electron chi connectivity index (χ2n) is 6.92. The molecule has 1 aromatic heterocycles. The number of amides is 1. The molecule has 1 N–H and O–H groups in total. The lowest BCUT2D eigenvalue weighted by Gasteiger charge is -2.19. The van der Waals surface area contributed by atoms with E-state index >= 15 is 0 Å². The summed E-state index contributed by atoms with van der Waals surface area (Å²) in [6.45, 7) is 3.70. The summed E-state index contributed by atoms with van der Waals surface area (Å²) in [6, 6.07) is 10.7. The molecule has 6 heteroatoms. The van der Waals surface area contributed by atoms with E-state index < -0.39 is 29.3 Å². The summed E-state index contributed by atoms with van der Waals surface area (Å²) in [5, 5.41) is 2.68. The van der Waals surface area contributed by atoms with Crippen LogP contribution < -0.4 is 5.32 Å². The van der Waals surface area contributed by atoms with Crippen molar-refractivity contribution >= 4 is 11.6 Å². The smallest absolute Gasteiger partial charge is 0.225 e. The third-order valence-corrected chi connectivity index (χ3v) is 4.79. The molecule has 1 unspecified atom stereocenters. The van der Waals surface area contributed by atoms with Crippen molar-refractivity contribution in [1.82, 2.24) is 4.98 Å². The van der Waals surface area contributed by atoms with E-state index in [4.69, 9.17) is 0 Å². The number of rotatable bonds is 6. The first-order valence-electron chi connectivity index (χ1n) is 9.32. The highest BCUT2D eigenvalue weighted by Crippen LogP contribution is 2.30. The van der Waals surface area contributed by atoms with Gasteiger partial charge in [-0.2, -0.15) is 0 Å². The monoisotopic (exact) mass is 398 g/mol. The average molecular weight is 398 g/mol. The predicted molar refractivity (Wildman–Crippen MR) is 106 cm³/mol. The molecule has 1 atom stereocenters. The third kappa shape index (κ3) is 5.02. The summed E-state index contributed by atoms with van der Waals surface area (Å²) in [6.07, 6.45) is 2.81. The van der Waals surface area contributed by atoms with Gasteiger partial charge in [-0.1, -0.05) is 36.8 Å². The summed E-state index contributed by atoms with van der Waals surface area (Å²) >= 11 is 0. The minimum atomic E-state index is -0.708. The lowest BCUT2D eigenvalue weighted by molar-refractivity contribution is -0.116. The van der Waals surface area contributed by atoms with E-state index in [2.05, 4.69) is 10.3 Å². The first-order chi connectivity index (χ1) is 13.9. The van der Waals surface area contributed by atoms with Crippen LogP contribution in [0.5, 0.6) is 0 Å². The topological polar surface area (TPSA) is 42.0 Å². The molecule has 0 saturated carbocycles. The Morgan fingerprint density at radius 1 is 1.00 bits per heavy atom. The number of pyridine rings is 1. The molecule has 0 spiro atoms. The maximum atomic E-state index is 13.9. The lowest BCUT2D eigenvalue weighted by atomic mass is 9.87. The van der Waals surface area contributed by atoms with Crippen molar-refractivity contribution in [3.8, 4) is 0 Å². The zero-order chi connectivity index (χ0) is 21.0. The minimum Gasteiger partial charge on any atom is -0.324 e. The van der Waals surface area contributed by atoms with Crippen molar-refractivity contribution in [2.75, 3.05) is 5.32 Å². The van der Waals surface area contributed by atoms with Crippen molar-refractivity contribution in [3.05, 3.63) is 94.6 Å². The number of carbonyl (C=O) groups is 1. The Kier molecular flexibility index (Phi) is 6.32. The number of aryl methyl sites for hydroxylation is 1. The van der Waals surface area contributed by atoms with E-state index in [9.17, 15) is 18.0 Å². The number of aromatic nitrogens is 1. The van der Waals surface area contributed by atoms with Gasteiger partial charge in [-0.25, -0.2) is 13.2 Å². The molecular weight excluding hydrogens is 377 g/mol. The van der Waals surface area contributed by atoms with E-state index in [1.54, 1.807) is 6.92 Å². The molecule has 0 fully saturated rings. The SMILES string of the molecule is CCc1c(F)cncc1NC(=O)CC(c1ccc(C)cc1)c1cc(F)cc(F)c1. The first-order valence-corrected chi connectivity index (χ1v) is 9.32. The van der Waals surface area contributed by atoms with Gasteiger partial charge in [0.15, 0.2) is 0 Å². The van der Waals surface area contributed by atoms with Gasteiger partial charge in [-0.3, -0.25) is 9.78 Å². The number of anilines is 1. The molecule has 29 heavy (non-hydrogen) atoms. The highest BCUT2D eigenvalue weighted by Gasteiger charge is 2.21. The second kappa shape index (κ2) is 8.90. The van der Waals surface area contributed by atoms with Crippen molar-refractivity contribution in [1.29, 1.82) is 0 Å². The van der Waals surface area contributed by atoms with E-state index in [0.717, 1.165) is 23.4 Å². The third-order valence-electron chi connectivity index (χ3n) is 4.79. The number of carbonyl (C=O) groups excluding carboxylic acids is 1. The fourth-order valence-electron chi connectivity index (χ4n) is 3.32. The first kappa shape index (κ1) is 20.6. The fourth-order valence-corrected chi connectivity index (χ4v) is 3.32. The number of benzene rings is 2. The van der Waals surface area contributed by atoms with Crippen molar-refractivity contribution in [2.24, 2.45) is 0 Å². The molecule has 3 rings (SSSR count).